The van der Waals surface area contributed by atoms with Crippen molar-refractivity contribution < 1.29 is 5.11 Å². The molecule has 1 N–H and O–H groups in total. The number of anilines is 1. The highest BCUT2D eigenvalue weighted by atomic mass is 35.5. The van der Waals surface area contributed by atoms with E-state index in [-0.39, 0.29) is 6.04 Å². The van der Waals surface area contributed by atoms with Crippen molar-refractivity contribution in [2.75, 3.05) is 18.0 Å². The zero-order valence-corrected chi connectivity index (χ0v) is 12.7. The molecule has 1 atom stereocenters. The number of aromatic nitrogens is 5. The molecule has 0 saturated carbocycles. The highest BCUT2D eigenvalue weighted by Crippen LogP contribution is 2.32. The Kier molecular flexibility index (Phi) is 3.54. The predicted molar refractivity (Wildman–Crippen MR) is 78.2 cm³/mol. The Balaban J connectivity index is 1.79. The lowest BCUT2D eigenvalue weighted by Crippen LogP contribution is -2.31. The minimum absolute atomic E-state index is 0.215. The van der Waals surface area contributed by atoms with Gasteiger partial charge in [-0.05, 0) is 13.8 Å². The number of halogens is 1. The number of nitrogens with zero attached hydrogens (tertiary/aromatic N) is 6. The summed E-state index contributed by atoms with van der Waals surface area (Å²) in [4.78, 5) is 10.3. The van der Waals surface area contributed by atoms with Crippen molar-refractivity contribution in [3.8, 4) is 0 Å². The third-order valence-electron chi connectivity index (χ3n) is 3.65. The fourth-order valence-corrected chi connectivity index (χ4v) is 2.48. The van der Waals surface area contributed by atoms with Crippen LogP contribution in [0.25, 0.3) is 0 Å². The molecule has 8 heteroatoms. The van der Waals surface area contributed by atoms with Crippen LogP contribution in [0.4, 0.5) is 5.95 Å². The van der Waals surface area contributed by atoms with Crippen LogP contribution in [0.2, 0.25) is 5.02 Å². The molecule has 7 nitrogen and oxygen atoms in total. The first-order valence-corrected chi connectivity index (χ1v) is 7.23. The Morgan fingerprint density at radius 2 is 2.05 bits per heavy atom. The molecular weight excluding hydrogens is 292 g/mol. The highest BCUT2D eigenvalue weighted by Gasteiger charge is 2.41. The summed E-state index contributed by atoms with van der Waals surface area (Å²) in [5.41, 5.74) is -0.427. The van der Waals surface area contributed by atoms with Gasteiger partial charge < -0.3 is 10.0 Å². The quantitative estimate of drug-likeness (QED) is 0.923. The first-order chi connectivity index (χ1) is 9.98. The van der Waals surface area contributed by atoms with Gasteiger partial charge in [0.2, 0.25) is 5.95 Å². The van der Waals surface area contributed by atoms with Crippen LogP contribution in [0.5, 0.6) is 0 Å². The van der Waals surface area contributed by atoms with Crippen LogP contribution in [0, 0.1) is 0 Å². The van der Waals surface area contributed by atoms with Gasteiger partial charge in [-0.1, -0.05) is 16.8 Å². The molecule has 0 spiro atoms. The van der Waals surface area contributed by atoms with E-state index in [0.717, 1.165) is 0 Å². The molecular formula is C13H17ClN6O. The van der Waals surface area contributed by atoms with Crippen LogP contribution in [-0.2, 0) is 5.60 Å². The van der Waals surface area contributed by atoms with E-state index in [1.54, 1.807) is 23.3 Å². The molecule has 0 amide bonds. The van der Waals surface area contributed by atoms with Crippen LogP contribution in [0.3, 0.4) is 0 Å². The predicted octanol–water partition coefficient (Wildman–Crippen LogP) is 1.40. The zero-order chi connectivity index (χ0) is 15.0. The van der Waals surface area contributed by atoms with Crippen molar-refractivity contribution in [2.45, 2.75) is 31.9 Å². The Morgan fingerprint density at radius 3 is 2.67 bits per heavy atom. The number of β-amino-alcohol motifs (C(OH)–C–C–N with tert-alkyl or cyclic N) is 1. The Hall–Kier alpha value is -1.73. The average molecular weight is 309 g/mol. The summed E-state index contributed by atoms with van der Waals surface area (Å²) in [5, 5.41) is 19.5. The van der Waals surface area contributed by atoms with E-state index < -0.39 is 5.60 Å². The lowest BCUT2D eigenvalue weighted by atomic mass is 10.00. The molecule has 0 aliphatic carbocycles. The van der Waals surface area contributed by atoms with E-state index in [9.17, 15) is 5.11 Å². The van der Waals surface area contributed by atoms with Crippen molar-refractivity contribution in [2.24, 2.45) is 0 Å². The van der Waals surface area contributed by atoms with Gasteiger partial charge >= 0.3 is 0 Å². The second-order valence-electron chi connectivity index (χ2n) is 5.58. The van der Waals surface area contributed by atoms with Crippen LogP contribution in [0.15, 0.2) is 18.6 Å². The average Bonchev–Trinajstić information content (AvgIpc) is 3.07. The molecule has 1 aliphatic rings. The van der Waals surface area contributed by atoms with Crippen LogP contribution < -0.4 is 4.90 Å². The minimum atomic E-state index is -1.02. The molecule has 0 radical (unpaired) electrons. The van der Waals surface area contributed by atoms with Gasteiger partial charge in [0.15, 0.2) is 0 Å². The maximum absolute atomic E-state index is 10.8. The summed E-state index contributed by atoms with van der Waals surface area (Å²) in [7, 11) is 0. The lowest BCUT2D eigenvalue weighted by Gasteiger charge is -2.20. The number of hydrogen-bond acceptors (Lipinski definition) is 6. The molecule has 21 heavy (non-hydrogen) atoms. The number of hydrogen-bond donors (Lipinski definition) is 1. The van der Waals surface area contributed by atoms with Crippen LogP contribution in [-0.4, -0.2) is 43.2 Å². The topological polar surface area (TPSA) is 80.0 Å². The molecule has 1 saturated heterocycles. The summed E-state index contributed by atoms with van der Waals surface area (Å²) in [5.74, 6) is 0.562. The fraction of sp³-hybridized carbons (Fsp3) is 0.538. The first-order valence-electron chi connectivity index (χ1n) is 6.85. The summed E-state index contributed by atoms with van der Waals surface area (Å²) < 4.78 is 1.74. The second-order valence-corrected chi connectivity index (χ2v) is 6.02. The molecule has 1 fully saturated rings. The minimum Gasteiger partial charge on any atom is -0.381 e. The molecule has 3 rings (SSSR count). The molecule has 0 bridgehead atoms. The second kappa shape index (κ2) is 5.23. The van der Waals surface area contributed by atoms with Crippen molar-refractivity contribution in [3.05, 3.63) is 29.3 Å². The standard InChI is InChI=1S/C13H17ClN6O/c1-9(2)20-7-11(17-18-20)13(21)3-4-19(8-13)12-15-5-10(14)6-16-12/h5-7,9,21H,3-4,8H2,1-2H3. The van der Waals surface area contributed by atoms with Gasteiger partial charge in [0.25, 0.3) is 0 Å². The van der Waals surface area contributed by atoms with E-state index in [4.69, 9.17) is 11.6 Å². The molecule has 2 aromatic rings. The lowest BCUT2D eigenvalue weighted by molar-refractivity contribution is 0.0558. The van der Waals surface area contributed by atoms with Crippen LogP contribution in [0.1, 0.15) is 32.0 Å². The normalized spacial score (nSPS) is 22.2. The smallest absolute Gasteiger partial charge is 0.225 e. The number of aliphatic hydroxyl groups is 1. The van der Waals surface area contributed by atoms with Gasteiger partial charge in [-0.3, -0.25) is 0 Å². The Bertz CT molecular complexity index is 628. The van der Waals surface area contributed by atoms with Crippen molar-refractivity contribution >= 4 is 17.5 Å². The first kappa shape index (κ1) is 14.2. The fourth-order valence-electron chi connectivity index (χ4n) is 2.38. The van der Waals surface area contributed by atoms with Gasteiger partial charge in [-0.25, -0.2) is 14.6 Å². The number of rotatable bonds is 3. The summed E-state index contributed by atoms with van der Waals surface area (Å²) in [6.45, 7) is 5.09. The van der Waals surface area contributed by atoms with Crippen molar-refractivity contribution in [3.63, 3.8) is 0 Å². The van der Waals surface area contributed by atoms with Gasteiger partial charge in [0, 0.05) is 19.0 Å². The molecule has 1 aliphatic heterocycles. The highest BCUT2D eigenvalue weighted by molar-refractivity contribution is 6.30. The largest absolute Gasteiger partial charge is 0.381 e. The van der Waals surface area contributed by atoms with E-state index in [2.05, 4.69) is 20.3 Å². The monoisotopic (exact) mass is 308 g/mol. The Morgan fingerprint density at radius 1 is 1.33 bits per heavy atom. The van der Waals surface area contributed by atoms with Crippen LogP contribution >= 0.6 is 11.6 Å². The van der Waals surface area contributed by atoms with E-state index in [0.29, 0.717) is 36.2 Å². The van der Waals surface area contributed by atoms with E-state index in [1.807, 2.05) is 18.7 Å². The molecule has 3 heterocycles. The molecule has 112 valence electrons. The Labute approximate surface area is 127 Å². The van der Waals surface area contributed by atoms with Gasteiger partial charge in [0.1, 0.15) is 11.3 Å². The van der Waals surface area contributed by atoms with Crippen molar-refractivity contribution in [1.82, 2.24) is 25.0 Å². The van der Waals surface area contributed by atoms with Gasteiger partial charge in [-0.2, -0.15) is 0 Å². The summed E-state index contributed by atoms with van der Waals surface area (Å²) >= 11 is 5.79. The zero-order valence-electron chi connectivity index (χ0n) is 11.9. The third-order valence-corrected chi connectivity index (χ3v) is 3.85. The third kappa shape index (κ3) is 2.71. The molecule has 2 aromatic heterocycles. The molecule has 1 unspecified atom stereocenters. The summed E-state index contributed by atoms with van der Waals surface area (Å²) in [6.07, 6.45) is 5.47. The van der Waals surface area contributed by atoms with Gasteiger partial charge in [-0.15, -0.1) is 5.10 Å². The molecule has 0 aromatic carbocycles. The van der Waals surface area contributed by atoms with Crippen molar-refractivity contribution in [1.29, 1.82) is 0 Å². The summed E-state index contributed by atoms with van der Waals surface area (Å²) in [6, 6.07) is 0.215. The SMILES string of the molecule is CC(C)n1cc(C2(O)CCN(c3ncc(Cl)cn3)C2)nn1. The van der Waals surface area contributed by atoms with E-state index >= 15 is 0 Å². The van der Waals surface area contributed by atoms with Gasteiger partial charge in [0.05, 0.1) is 30.2 Å². The van der Waals surface area contributed by atoms with E-state index in [1.165, 1.54) is 0 Å². The maximum Gasteiger partial charge on any atom is 0.225 e. The maximum atomic E-state index is 10.8.